The van der Waals surface area contributed by atoms with Crippen LogP contribution in [0, 0.1) is 23.2 Å². The first-order valence-corrected chi connectivity index (χ1v) is 7.50. The molecule has 1 aromatic carbocycles. The summed E-state index contributed by atoms with van der Waals surface area (Å²) in [4.78, 5) is 0. The summed E-state index contributed by atoms with van der Waals surface area (Å²) in [7, 11) is 0. The molecule has 0 saturated heterocycles. The quantitative estimate of drug-likeness (QED) is 0.765. The molecule has 5 rings (SSSR count). The molecule has 1 heteroatoms. The molecule has 4 bridgehead atoms. The van der Waals surface area contributed by atoms with E-state index in [2.05, 4.69) is 37.3 Å². The zero-order chi connectivity index (χ0) is 12.2. The van der Waals surface area contributed by atoms with Crippen molar-refractivity contribution in [2.45, 2.75) is 38.7 Å². The van der Waals surface area contributed by atoms with Gasteiger partial charge in [0.05, 0.1) is 12.7 Å². The van der Waals surface area contributed by atoms with Crippen molar-refractivity contribution in [3.8, 4) is 0 Å². The van der Waals surface area contributed by atoms with E-state index in [0.717, 1.165) is 36.2 Å². The Labute approximate surface area is 110 Å². The highest BCUT2D eigenvalue weighted by Crippen LogP contribution is 2.80. The maximum absolute atomic E-state index is 6.24. The Morgan fingerprint density at radius 3 is 2.78 bits per heavy atom. The van der Waals surface area contributed by atoms with E-state index < -0.39 is 0 Å². The van der Waals surface area contributed by atoms with E-state index in [1.54, 1.807) is 0 Å². The molecule has 1 aromatic rings. The van der Waals surface area contributed by atoms with Crippen LogP contribution in [0.5, 0.6) is 0 Å². The van der Waals surface area contributed by atoms with Crippen LogP contribution in [-0.2, 0) is 11.2 Å². The van der Waals surface area contributed by atoms with Gasteiger partial charge in [0.2, 0.25) is 0 Å². The molecule has 5 unspecified atom stereocenters. The predicted octanol–water partition coefficient (Wildman–Crippen LogP) is 3.68. The number of hydrogen-bond donors (Lipinski definition) is 0. The fraction of sp³-hybridized carbons (Fsp3) is 0.647. The first-order valence-electron chi connectivity index (χ1n) is 7.50. The molecule has 0 amide bonds. The lowest BCUT2D eigenvalue weighted by Gasteiger charge is -2.15. The van der Waals surface area contributed by atoms with Crippen molar-refractivity contribution in [3.05, 3.63) is 35.9 Å². The van der Waals surface area contributed by atoms with Gasteiger partial charge >= 0.3 is 0 Å². The van der Waals surface area contributed by atoms with Gasteiger partial charge in [0, 0.05) is 0 Å². The minimum atomic E-state index is 0.610. The van der Waals surface area contributed by atoms with Crippen LogP contribution in [0.2, 0.25) is 0 Å². The second-order valence-electron chi connectivity index (χ2n) is 6.49. The second-order valence-corrected chi connectivity index (χ2v) is 6.49. The Hall–Kier alpha value is -0.820. The summed E-state index contributed by atoms with van der Waals surface area (Å²) in [5, 5.41) is 0. The molecular weight excluding hydrogens is 220 g/mol. The molecule has 0 radical (unpaired) electrons. The summed E-state index contributed by atoms with van der Waals surface area (Å²) in [6.45, 7) is 3.29. The molecule has 0 aliphatic heterocycles. The van der Waals surface area contributed by atoms with Gasteiger partial charge in [-0.05, 0) is 54.4 Å². The molecule has 4 fully saturated rings. The summed E-state index contributed by atoms with van der Waals surface area (Å²) in [6.07, 6.45) is 6.00. The molecule has 96 valence electrons. The standard InChI is InChI=1S/C17H22O/c1-2-17-11-13-10-14(17)15(17)16(13)18-9-8-12-6-4-3-5-7-12/h3-7,13-16H,2,8-11H2,1H3. The Morgan fingerprint density at radius 1 is 1.28 bits per heavy atom. The molecule has 4 saturated carbocycles. The van der Waals surface area contributed by atoms with Crippen LogP contribution in [0.3, 0.4) is 0 Å². The minimum Gasteiger partial charge on any atom is -0.377 e. The zero-order valence-electron chi connectivity index (χ0n) is 11.1. The van der Waals surface area contributed by atoms with Gasteiger partial charge in [-0.1, -0.05) is 37.3 Å². The molecule has 0 aromatic heterocycles. The number of rotatable bonds is 5. The van der Waals surface area contributed by atoms with Gasteiger partial charge in [0.25, 0.3) is 0 Å². The fourth-order valence-corrected chi connectivity index (χ4v) is 5.12. The molecule has 0 heterocycles. The van der Waals surface area contributed by atoms with Crippen LogP contribution in [0.4, 0.5) is 0 Å². The third-order valence-electron chi connectivity index (χ3n) is 5.95. The maximum atomic E-state index is 6.24. The van der Waals surface area contributed by atoms with Gasteiger partial charge in [0.1, 0.15) is 0 Å². The molecule has 1 nitrogen and oxygen atoms in total. The van der Waals surface area contributed by atoms with Crippen molar-refractivity contribution < 1.29 is 4.74 Å². The number of benzene rings is 1. The summed E-state index contributed by atoms with van der Waals surface area (Å²) < 4.78 is 6.24. The van der Waals surface area contributed by atoms with Gasteiger partial charge in [-0.25, -0.2) is 0 Å². The van der Waals surface area contributed by atoms with Gasteiger partial charge in [-0.3, -0.25) is 0 Å². The van der Waals surface area contributed by atoms with Crippen LogP contribution in [0.1, 0.15) is 31.7 Å². The zero-order valence-corrected chi connectivity index (χ0v) is 11.1. The van der Waals surface area contributed by atoms with E-state index in [1.165, 1.54) is 24.8 Å². The fourth-order valence-electron chi connectivity index (χ4n) is 5.12. The van der Waals surface area contributed by atoms with Gasteiger partial charge < -0.3 is 4.74 Å². The van der Waals surface area contributed by atoms with Crippen LogP contribution in [-0.4, -0.2) is 12.7 Å². The monoisotopic (exact) mass is 242 g/mol. The molecular formula is C17H22O. The Morgan fingerprint density at radius 2 is 2.11 bits per heavy atom. The number of ether oxygens (including phenoxy) is 1. The minimum absolute atomic E-state index is 0.610. The molecule has 4 aliphatic rings. The highest BCUT2D eigenvalue weighted by Gasteiger charge is 2.77. The Balaban J connectivity index is 1.33. The molecule has 5 atom stereocenters. The first kappa shape index (κ1) is 11.0. The average Bonchev–Trinajstić information content (AvgIpc) is 2.78. The second kappa shape index (κ2) is 3.84. The van der Waals surface area contributed by atoms with Crippen LogP contribution < -0.4 is 0 Å². The van der Waals surface area contributed by atoms with E-state index in [1.807, 2.05) is 0 Å². The smallest absolute Gasteiger partial charge is 0.0640 e. The lowest BCUT2D eigenvalue weighted by molar-refractivity contribution is 0.0288. The van der Waals surface area contributed by atoms with Crippen LogP contribution in [0.25, 0.3) is 0 Å². The largest absolute Gasteiger partial charge is 0.377 e. The molecule has 18 heavy (non-hydrogen) atoms. The molecule has 0 spiro atoms. The van der Waals surface area contributed by atoms with Crippen LogP contribution >= 0.6 is 0 Å². The van der Waals surface area contributed by atoms with Gasteiger partial charge in [0.15, 0.2) is 0 Å². The van der Waals surface area contributed by atoms with E-state index >= 15 is 0 Å². The van der Waals surface area contributed by atoms with Crippen molar-refractivity contribution in [2.75, 3.05) is 6.61 Å². The average molecular weight is 242 g/mol. The van der Waals surface area contributed by atoms with Crippen molar-refractivity contribution in [3.63, 3.8) is 0 Å². The topological polar surface area (TPSA) is 9.23 Å². The lowest BCUT2D eigenvalue weighted by Crippen LogP contribution is -2.18. The van der Waals surface area contributed by atoms with Crippen molar-refractivity contribution >= 4 is 0 Å². The van der Waals surface area contributed by atoms with Crippen molar-refractivity contribution in [1.29, 1.82) is 0 Å². The third-order valence-corrected chi connectivity index (χ3v) is 5.95. The summed E-state index contributed by atoms with van der Waals surface area (Å²) in [6, 6.07) is 10.7. The Kier molecular flexibility index (Phi) is 2.35. The van der Waals surface area contributed by atoms with E-state index in [0.29, 0.717) is 6.10 Å². The van der Waals surface area contributed by atoms with Crippen LogP contribution in [0.15, 0.2) is 30.3 Å². The van der Waals surface area contributed by atoms with Gasteiger partial charge in [-0.15, -0.1) is 0 Å². The predicted molar refractivity (Wildman–Crippen MR) is 72.3 cm³/mol. The third kappa shape index (κ3) is 1.37. The normalized spacial score (nSPS) is 43.4. The lowest BCUT2D eigenvalue weighted by atomic mass is 10.0. The SMILES string of the molecule is CCC12CC3CC1C2C3OCCc1ccccc1. The Bertz CT molecular complexity index is 440. The summed E-state index contributed by atoms with van der Waals surface area (Å²) >= 11 is 0. The van der Waals surface area contributed by atoms with E-state index in [-0.39, 0.29) is 0 Å². The maximum Gasteiger partial charge on any atom is 0.0640 e. The highest BCUT2D eigenvalue weighted by molar-refractivity contribution is 5.26. The van der Waals surface area contributed by atoms with Gasteiger partial charge in [-0.2, -0.15) is 0 Å². The van der Waals surface area contributed by atoms with Crippen molar-refractivity contribution in [2.24, 2.45) is 23.2 Å². The summed E-state index contributed by atoms with van der Waals surface area (Å²) in [5.41, 5.74) is 2.14. The molecule has 4 aliphatic carbocycles. The first-order chi connectivity index (χ1) is 8.85. The van der Waals surface area contributed by atoms with Crippen molar-refractivity contribution in [1.82, 2.24) is 0 Å². The van der Waals surface area contributed by atoms with E-state index in [9.17, 15) is 0 Å². The van der Waals surface area contributed by atoms with E-state index in [4.69, 9.17) is 4.74 Å². The highest BCUT2D eigenvalue weighted by atomic mass is 16.5. The number of hydrogen-bond acceptors (Lipinski definition) is 1. The summed E-state index contributed by atoms with van der Waals surface area (Å²) in [5.74, 6) is 2.87. The molecule has 0 N–H and O–H groups in total.